The van der Waals surface area contributed by atoms with Gasteiger partial charge in [0.25, 0.3) is 5.91 Å². The lowest BCUT2D eigenvalue weighted by molar-refractivity contribution is 0.0652. The van der Waals surface area contributed by atoms with Gasteiger partial charge in [0.1, 0.15) is 0 Å². The number of rotatable bonds is 1. The number of likely N-dealkylation sites (tertiary alicyclic amines) is 1. The second-order valence-corrected chi connectivity index (χ2v) is 3.41. The minimum atomic E-state index is 0.156. The summed E-state index contributed by atoms with van der Waals surface area (Å²) >= 11 is 0. The number of carbonyl (C=O) groups excluding carboxylic acids is 1. The quantitative estimate of drug-likeness (QED) is 0.633. The Bertz CT molecular complexity index is 329. The van der Waals surface area contributed by atoms with Gasteiger partial charge in [-0.1, -0.05) is 6.07 Å². The average molecular weight is 174 g/mol. The Kier molecular flexibility index (Phi) is 2.05. The first-order valence-electron chi connectivity index (χ1n) is 4.55. The number of hydrogen-bond donors (Lipinski definition) is 0. The van der Waals surface area contributed by atoms with Crippen LogP contribution < -0.4 is 0 Å². The maximum absolute atomic E-state index is 11.7. The molecule has 1 fully saturated rings. The van der Waals surface area contributed by atoms with E-state index in [0.29, 0.717) is 0 Å². The predicted molar refractivity (Wildman–Crippen MR) is 50.5 cm³/mol. The van der Waals surface area contributed by atoms with Crippen molar-refractivity contribution in [2.24, 2.45) is 0 Å². The van der Waals surface area contributed by atoms with Crippen molar-refractivity contribution in [3.05, 3.63) is 35.4 Å². The molecule has 0 saturated carbocycles. The Morgan fingerprint density at radius 1 is 1.54 bits per heavy atom. The van der Waals surface area contributed by atoms with E-state index >= 15 is 0 Å². The van der Waals surface area contributed by atoms with Gasteiger partial charge in [0.15, 0.2) is 0 Å². The van der Waals surface area contributed by atoms with Crippen molar-refractivity contribution in [2.45, 2.75) is 13.3 Å². The number of hydrogen-bond acceptors (Lipinski definition) is 1. The van der Waals surface area contributed by atoms with Crippen LogP contribution in [0.5, 0.6) is 0 Å². The summed E-state index contributed by atoms with van der Waals surface area (Å²) in [4.78, 5) is 13.6. The summed E-state index contributed by atoms with van der Waals surface area (Å²) in [5.74, 6) is 0.156. The molecule has 1 saturated heterocycles. The summed E-state index contributed by atoms with van der Waals surface area (Å²) in [5, 5.41) is 0. The first-order valence-corrected chi connectivity index (χ1v) is 4.55. The Morgan fingerprint density at radius 2 is 2.31 bits per heavy atom. The maximum Gasteiger partial charge on any atom is 0.253 e. The van der Waals surface area contributed by atoms with Crippen molar-refractivity contribution in [1.82, 2.24) is 4.90 Å². The maximum atomic E-state index is 11.7. The first kappa shape index (κ1) is 8.30. The van der Waals surface area contributed by atoms with Gasteiger partial charge in [-0.2, -0.15) is 0 Å². The van der Waals surface area contributed by atoms with Crippen LogP contribution in [0.4, 0.5) is 0 Å². The van der Waals surface area contributed by atoms with Crippen LogP contribution in [0.1, 0.15) is 22.3 Å². The Hall–Kier alpha value is -1.31. The molecule has 67 valence electrons. The van der Waals surface area contributed by atoms with E-state index in [1.165, 1.54) is 0 Å². The smallest absolute Gasteiger partial charge is 0.253 e. The highest BCUT2D eigenvalue weighted by molar-refractivity contribution is 5.94. The predicted octanol–water partition coefficient (Wildman–Crippen LogP) is 1.64. The van der Waals surface area contributed by atoms with Crippen molar-refractivity contribution in [3.63, 3.8) is 0 Å². The number of benzene rings is 1. The van der Waals surface area contributed by atoms with Crippen molar-refractivity contribution < 1.29 is 4.79 Å². The minimum absolute atomic E-state index is 0.156. The van der Waals surface area contributed by atoms with Gasteiger partial charge in [0.2, 0.25) is 0 Å². The van der Waals surface area contributed by atoms with Gasteiger partial charge >= 0.3 is 0 Å². The van der Waals surface area contributed by atoms with E-state index in [2.05, 4.69) is 6.07 Å². The van der Waals surface area contributed by atoms with Gasteiger partial charge in [-0.15, -0.1) is 0 Å². The lowest BCUT2D eigenvalue weighted by atomic mass is 10.1. The fourth-order valence-corrected chi connectivity index (χ4v) is 1.42. The zero-order valence-electron chi connectivity index (χ0n) is 7.71. The molecule has 0 N–H and O–H groups in total. The molecule has 1 heterocycles. The van der Waals surface area contributed by atoms with E-state index in [1.54, 1.807) is 0 Å². The highest BCUT2D eigenvalue weighted by Gasteiger charge is 2.21. The molecular formula is C11H12NO. The van der Waals surface area contributed by atoms with E-state index in [4.69, 9.17) is 0 Å². The third-order valence-electron chi connectivity index (χ3n) is 2.34. The van der Waals surface area contributed by atoms with Crippen molar-refractivity contribution >= 4 is 5.91 Å². The SMILES string of the molecule is Cc1[c]ccc(C(=O)N2CCC2)c1. The van der Waals surface area contributed by atoms with Gasteiger partial charge in [0.05, 0.1) is 0 Å². The average Bonchev–Trinajstić information content (AvgIpc) is 2.01. The molecule has 1 aromatic carbocycles. The van der Waals surface area contributed by atoms with E-state index in [9.17, 15) is 4.79 Å². The largest absolute Gasteiger partial charge is 0.339 e. The molecule has 2 rings (SSSR count). The summed E-state index contributed by atoms with van der Waals surface area (Å²) in [7, 11) is 0. The van der Waals surface area contributed by atoms with Gasteiger partial charge < -0.3 is 4.90 Å². The summed E-state index contributed by atoms with van der Waals surface area (Å²) in [6.07, 6.45) is 1.14. The zero-order chi connectivity index (χ0) is 9.26. The van der Waals surface area contributed by atoms with E-state index < -0.39 is 0 Å². The number of nitrogens with zero attached hydrogens (tertiary/aromatic N) is 1. The summed E-state index contributed by atoms with van der Waals surface area (Å²) in [6, 6.07) is 8.56. The van der Waals surface area contributed by atoms with E-state index in [-0.39, 0.29) is 5.91 Å². The molecule has 1 aliphatic heterocycles. The molecule has 0 unspecified atom stereocenters. The van der Waals surface area contributed by atoms with Crippen LogP contribution in [0.2, 0.25) is 0 Å². The minimum Gasteiger partial charge on any atom is -0.339 e. The summed E-state index contributed by atoms with van der Waals surface area (Å²) in [5.41, 5.74) is 1.81. The zero-order valence-corrected chi connectivity index (χ0v) is 7.71. The molecule has 0 aliphatic carbocycles. The molecule has 13 heavy (non-hydrogen) atoms. The third-order valence-corrected chi connectivity index (χ3v) is 2.34. The summed E-state index contributed by atoms with van der Waals surface area (Å²) in [6.45, 7) is 3.78. The molecule has 2 nitrogen and oxygen atoms in total. The van der Waals surface area contributed by atoms with Crippen LogP contribution >= 0.6 is 0 Å². The van der Waals surface area contributed by atoms with Crippen LogP contribution in [-0.4, -0.2) is 23.9 Å². The van der Waals surface area contributed by atoms with Crippen LogP contribution in [0.3, 0.4) is 0 Å². The van der Waals surface area contributed by atoms with Crippen molar-refractivity contribution in [2.75, 3.05) is 13.1 Å². The van der Waals surface area contributed by atoms with Crippen molar-refractivity contribution in [1.29, 1.82) is 0 Å². The molecule has 0 aromatic heterocycles. The second kappa shape index (κ2) is 3.21. The molecule has 1 amide bonds. The normalized spacial score (nSPS) is 15.3. The van der Waals surface area contributed by atoms with Crippen LogP contribution in [0, 0.1) is 13.0 Å². The fraction of sp³-hybridized carbons (Fsp3) is 0.364. The topological polar surface area (TPSA) is 20.3 Å². The molecule has 0 bridgehead atoms. The lowest BCUT2D eigenvalue weighted by Gasteiger charge is -2.30. The second-order valence-electron chi connectivity index (χ2n) is 3.41. The number of amides is 1. The van der Waals surface area contributed by atoms with Crippen LogP contribution in [-0.2, 0) is 0 Å². The highest BCUT2D eigenvalue weighted by atomic mass is 16.2. The monoisotopic (exact) mass is 174 g/mol. The Labute approximate surface area is 78.2 Å². The van der Waals surface area contributed by atoms with Crippen molar-refractivity contribution in [3.8, 4) is 0 Å². The molecular weight excluding hydrogens is 162 g/mol. The van der Waals surface area contributed by atoms with Crippen LogP contribution in [0.15, 0.2) is 18.2 Å². The molecule has 2 heteroatoms. The molecule has 1 radical (unpaired) electrons. The van der Waals surface area contributed by atoms with Gasteiger partial charge in [0, 0.05) is 18.7 Å². The molecule has 1 aliphatic rings. The number of carbonyl (C=O) groups is 1. The molecule has 0 spiro atoms. The number of aryl methyl sites for hydroxylation is 1. The standard InChI is InChI=1S/C11H12NO/c1-9-4-2-5-10(8-9)11(13)12-6-3-7-12/h2,5,8H,3,6-7H2,1H3. The van der Waals surface area contributed by atoms with E-state index in [0.717, 1.165) is 30.6 Å². The summed E-state index contributed by atoms with van der Waals surface area (Å²) < 4.78 is 0. The Balaban J connectivity index is 2.19. The highest BCUT2D eigenvalue weighted by Crippen LogP contribution is 2.12. The third kappa shape index (κ3) is 1.57. The van der Waals surface area contributed by atoms with Gasteiger partial charge in [-0.05, 0) is 37.1 Å². The first-order chi connectivity index (χ1) is 6.27. The van der Waals surface area contributed by atoms with Crippen LogP contribution in [0.25, 0.3) is 0 Å². The van der Waals surface area contributed by atoms with E-state index in [1.807, 2.05) is 30.0 Å². The Morgan fingerprint density at radius 3 is 2.85 bits per heavy atom. The van der Waals surface area contributed by atoms with Gasteiger partial charge in [-0.25, -0.2) is 0 Å². The lowest BCUT2D eigenvalue weighted by Crippen LogP contribution is -2.42. The fourth-order valence-electron chi connectivity index (χ4n) is 1.42. The van der Waals surface area contributed by atoms with Gasteiger partial charge in [-0.3, -0.25) is 4.79 Å². The molecule has 0 atom stereocenters. The molecule has 1 aromatic rings.